The summed E-state index contributed by atoms with van der Waals surface area (Å²) in [6.07, 6.45) is -2.91. The fraction of sp³-hybridized carbons (Fsp3) is 0.154. The molecule has 0 aliphatic carbocycles. The Morgan fingerprint density at radius 3 is 2.24 bits per heavy atom. The second-order valence-corrected chi connectivity index (χ2v) is 16.1. The van der Waals surface area contributed by atoms with E-state index < -0.39 is 61.7 Å². The number of sulfonamides is 1. The second kappa shape index (κ2) is 22.9. The van der Waals surface area contributed by atoms with Gasteiger partial charge in [-0.1, -0.05) is 23.2 Å². The van der Waals surface area contributed by atoms with Crippen molar-refractivity contribution in [3.63, 3.8) is 0 Å². The molecule has 2 heterocycles. The molecule has 0 fully saturated rings. The number of aromatic nitrogens is 4. The van der Waals surface area contributed by atoms with Crippen LogP contribution < -0.4 is 29.0 Å². The quantitative estimate of drug-likeness (QED) is 0.0477. The Balaban J connectivity index is 0.000000222. The Bertz CT molecular complexity index is 2900. The minimum atomic E-state index is -4.52. The van der Waals surface area contributed by atoms with Crippen LogP contribution in [0.15, 0.2) is 90.0 Å². The van der Waals surface area contributed by atoms with E-state index in [9.17, 15) is 46.1 Å². The van der Waals surface area contributed by atoms with Gasteiger partial charge >= 0.3 is 35.8 Å². The summed E-state index contributed by atoms with van der Waals surface area (Å²) < 4.78 is 85.3. The molecule has 0 saturated heterocycles. The lowest BCUT2D eigenvalue weighted by molar-refractivity contribution is -0.385. The molecule has 2 aromatic heterocycles. The minimum Gasteiger partial charge on any atom is -0.487 e. The summed E-state index contributed by atoms with van der Waals surface area (Å²) >= 11 is 13.6. The van der Waals surface area contributed by atoms with Crippen molar-refractivity contribution in [3.8, 4) is 29.0 Å². The zero-order chi connectivity index (χ0) is 48.9. The molecule has 6 aromatic rings. The molecule has 27 heteroatoms. The van der Waals surface area contributed by atoms with Crippen LogP contribution in [0.25, 0.3) is 10.9 Å². The van der Waals surface area contributed by atoms with Gasteiger partial charge < -0.3 is 29.2 Å². The van der Waals surface area contributed by atoms with Crippen molar-refractivity contribution >= 4 is 96.3 Å². The second-order valence-electron chi connectivity index (χ2n) is 12.4. The van der Waals surface area contributed by atoms with E-state index in [2.05, 4.69) is 25.3 Å². The van der Waals surface area contributed by atoms with Gasteiger partial charge in [-0.05, 0) is 103 Å². The molecule has 6 rings (SSSR count). The van der Waals surface area contributed by atoms with Crippen LogP contribution in [0.4, 0.5) is 29.6 Å². The van der Waals surface area contributed by atoms with Crippen LogP contribution in [-0.4, -0.2) is 81.8 Å². The van der Waals surface area contributed by atoms with E-state index in [-0.39, 0.29) is 52.3 Å². The molecule has 348 valence electrons. The number of anilines is 1. The summed E-state index contributed by atoms with van der Waals surface area (Å²) in [4.78, 5) is 58.9. The van der Waals surface area contributed by atoms with Crippen LogP contribution in [0.2, 0.25) is 10.0 Å². The highest BCUT2D eigenvalue weighted by Gasteiger charge is 2.31. The van der Waals surface area contributed by atoms with Crippen LogP contribution in [0.1, 0.15) is 28.7 Å². The summed E-state index contributed by atoms with van der Waals surface area (Å²) in [5.74, 6) is -1.93. The van der Waals surface area contributed by atoms with Gasteiger partial charge in [0.1, 0.15) is 33.5 Å². The number of benzene rings is 4. The van der Waals surface area contributed by atoms with Crippen molar-refractivity contribution in [2.75, 3.05) is 25.6 Å². The molecular formula is C39H31Cl2F3IN7O13S. The van der Waals surface area contributed by atoms with E-state index in [1.807, 2.05) is 22.6 Å². The van der Waals surface area contributed by atoms with Crippen molar-refractivity contribution in [2.45, 2.75) is 24.9 Å². The van der Waals surface area contributed by atoms with E-state index in [4.69, 9.17) is 52.4 Å². The van der Waals surface area contributed by atoms with Gasteiger partial charge in [0.25, 0.3) is 10.0 Å². The number of aliphatic carboxylic acids is 1. The van der Waals surface area contributed by atoms with Gasteiger partial charge in [0.2, 0.25) is 11.7 Å². The van der Waals surface area contributed by atoms with Gasteiger partial charge in [-0.25, -0.2) is 27.5 Å². The lowest BCUT2D eigenvalue weighted by atomic mass is 10.2. The number of hydrogen-bond donors (Lipinski definition) is 4. The predicted octanol–water partition coefficient (Wildman–Crippen LogP) is 8.81. The maximum atomic E-state index is 12.6. The summed E-state index contributed by atoms with van der Waals surface area (Å²) in [5.41, 5.74) is -1.05. The van der Waals surface area contributed by atoms with Crippen molar-refractivity contribution < 1.29 is 70.1 Å². The van der Waals surface area contributed by atoms with Crippen LogP contribution >= 0.6 is 45.8 Å². The number of carboxylic acid groups (broad SMARTS) is 2. The fourth-order valence-corrected chi connectivity index (χ4v) is 7.31. The molecule has 0 spiro atoms. The van der Waals surface area contributed by atoms with Gasteiger partial charge in [0.05, 0.1) is 39.8 Å². The molecular weight excluding hydrogens is 1060 g/mol. The molecule has 0 radical (unpaired) electrons. The number of nitro groups is 1. The Morgan fingerprint density at radius 2 is 1.62 bits per heavy atom. The summed E-state index contributed by atoms with van der Waals surface area (Å²) in [7, 11) is -3.14. The number of nitrogens with zero attached hydrogens (tertiary/aromatic N) is 5. The van der Waals surface area contributed by atoms with E-state index in [1.165, 1.54) is 38.3 Å². The van der Waals surface area contributed by atoms with Crippen molar-refractivity contribution in [1.82, 2.24) is 24.7 Å². The number of alkyl halides is 3. The number of hydrogen-bond acceptors (Lipinski definition) is 15. The molecule has 66 heavy (non-hydrogen) atoms. The number of amides is 2. The summed E-state index contributed by atoms with van der Waals surface area (Å²) in [5, 5.41) is 31.8. The first-order valence-electron chi connectivity index (χ1n) is 18.0. The van der Waals surface area contributed by atoms with Crippen molar-refractivity contribution in [1.29, 1.82) is 0 Å². The number of halogens is 6. The largest absolute Gasteiger partial charge is 0.487 e. The Kier molecular flexibility index (Phi) is 17.9. The summed E-state index contributed by atoms with van der Waals surface area (Å²) in [6, 6.07) is 15.7. The predicted molar refractivity (Wildman–Crippen MR) is 237 cm³/mol. The molecule has 0 atom stereocenters. The minimum absolute atomic E-state index is 0.0111. The van der Waals surface area contributed by atoms with E-state index in [0.717, 1.165) is 35.7 Å². The van der Waals surface area contributed by atoms with Crippen molar-refractivity contribution in [2.24, 2.45) is 0 Å². The van der Waals surface area contributed by atoms with Crippen LogP contribution in [0.3, 0.4) is 0 Å². The molecule has 4 N–H and O–H groups in total. The van der Waals surface area contributed by atoms with Crippen LogP contribution in [0.5, 0.6) is 29.0 Å². The maximum Gasteiger partial charge on any atom is 0.416 e. The fourth-order valence-electron chi connectivity index (χ4n) is 5.04. The smallest absolute Gasteiger partial charge is 0.416 e. The highest BCUT2D eigenvalue weighted by Crippen LogP contribution is 2.38. The number of aryl methyl sites for hydroxylation is 1. The number of urea groups is 1. The van der Waals surface area contributed by atoms with Crippen LogP contribution in [0, 0.1) is 20.6 Å². The molecule has 4 aromatic carbocycles. The first kappa shape index (κ1) is 51.8. The maximum absolute atomic E-state index is 12.6. The number of rotatable bonds is 13. The zero-order valence-corrected chi connectivity index (χ0v) is 38.3. The van der Waals surface area contributed by atoms with Gasteiger partial charge in [0, 0.05) is 27.3 Å². The molecule has 0 aliphatic heterocycles. The number of nitro benzene ring substituents is 1. The third kappa shape index (κ3) is 14.6. The molecule has 0 aliphatic rings. The standard InChI is InChI=1S/C15H11ClF3NO4.C13H12IN5O6S.C11H8ClNO3/c1-2-23-14-8-10(4-5-12(14)20(21)22)24-13-6-3-9(7-11(13)16)15(17,18)19;1-6-15-11(18-13(16-6)25-2)17-12(22)19-26(23,24)9-5-7(14)3-4-8(9)10(20)21;12-8-3-4-9(16-6-10(14)15)11-7(8)2-1-5-13-11/h3-8H,2H2,1H3;3-5H,1-2H3,(H,20,21)(H2,15,16,17,18,19,22);1-5H,6H2,(H,14,15). The molecule has 0 unspecified atom stereocenters. The van der Waals surface area contributed by atoms with E-state index in [1.54, 1.807) is 42.1 Å². The third-order valence-corrected chi connectivity index (χ3v) is 10.4. The number of methoxy groups -OCH3 is 1. The van der Waals surface area contributed by atoms with Gasteiger partial charge in [-0.15, -0.1) is 0 Å². The Labute approximate surface area is 394 Å². The SMILES string of the molecule is CCOc1cc(Oc2ccc(C(F)(F)F)cc2Cl)ccc1[N+](=O)[O-].COc1nc(C)nc(NC(=O)NS(=O)(=O)c2cc(I)ccc2C(=O)O)n1.O=C(O)COc1ccc(Cl)c2cccnc12. The average molecular weight is 1090 g/mol. The summed E-state index contributed by atoms with van der Waals surface area (Å²) in [6.45, 7) is 2.98. The number of aromatic carboxylic acids is 1. The van der Waals surface area contributed by atoms with Gasteiger partial charge in [0.15, 0.2) is 6.61 Å². The number of nitrogens with one attached hydrogen (secondary N) is 2. The normalized spacial score (nSPS) is 10.9. The Morgan fingerprint density at radius 1 is 0.909 bits per heavy atom. The Hall–Kier alpha value is -6.84. The average Bonchev–Trinajstić information content (AvgIpc) is 3.24. The number of carbonyl (C=O) groups excluding carboxylic acids is 1. The lowest BCUT2D eigenvalue weighted by Crippen LogP contribution is -2.35. The number of pyridine rings is 1. The van der Waals surface area contributed by atoms with E-state index >= 15 is 0 Å². The first-order chi connectivity index (χ1) is 31.0. The molecule has 20 nitrogen and oxygen atoms in total. The number of ether oxygens (including phenoxy) is 4. The third-order valence-electron chi connectivity index (χ3n) is 7.77. The van der Waals surface area contributed by atoms with Crippen molar-refractivity contribution in [3.05, 3.63) is 126 Å². The molecule has 0 saturated carbocycles. The van der Waals surface area contributed by atoms with Crippen LogP contribution in [-0.2, 0) is 21.0 Å². The number of fused-ring (bicyclic) bond motifs is 1. The zero-order valence-electron chi connectivity index (χ0n) is 33.8. The monoisotopic (exact) mass is 1090 g/mol. The van der Waals surface area contributed by atoms with E-state index in [0.29, 0.717) is 19.9 Å². The topological polar surface area (TPSA) is 281 Å². The lowest BCUT2D eigenvalue weighted by Gasteiger charge is -2.12. The first-order valence-corrected chi connectivity index (χ1v) is 21.3. The number of carbonyl (C=O) groups is 3. The highest BCUT2D eigenvalue weighted by atomic mass is 127. The number of carboxylic acids is 2. The molecule has 2 amide bonds. The van der Waals surface area contributed by atoms with Gasteiger partial charge in [-0.3, -0.25) is 20.4 Å². The highest BCUT2D eigenvalue weighted by molar-refractivity contribution is 14.1. The van der Waals surface area contributed by atoms with Gasteiger partial charge in [-0.2, -0.15) is 28.1 Å². The molecule has 0 bridgehead atoms.